The summed E-state index contributed by atoms with van der Waals surface area (Å²) in [6.07, 6.45) is 2.44. The van der Waals surface area contributed by atoms with E-state index in [-0.39, 0.29) is 0 Å². The Kier molecular flexibility index (Phi) is 1.73. The molecule has 14 heavy (non-hydrogen) atoms. The van der Waals surface area contributed by atoms with Crippen LogP contribution in [0, 0.1) is 0 Å². The van der Waals surface area contributed by atoms with Gasteiger partial charge in [0, 0.05) is 5.92 Å². The zero-order valence-electron chi connectivity index (χ0n) is 7.33. The molecule has 1 saturated carbocycles. The van der Waals surface area contributed by atoms with Crippen LogP contribution in [0.25, 0.3) is 11.6 Å². The van der Waals surface area contributed by atoms with Gasteiger partial charge in [-0.05, 0) is 40.9 Å². The third kappa shape index (κ3) is 1.37. The molecule has 0 unspecified atom stereocenters. The van der Waals surface area contributed by atoms with Gasteiger partial charge in [0.15, 0.2) is 10.4 Å². The Morgan fingerprint density at radius 3 is 2.93 bits per heavy atom. The number of H-pyrrole nitrogens is 1. The van der Waals surface area contributed by atoms with Gasteiger partial charge in [0.2, 0.25) is 5.82 Å². The molecule has 1 aliphatic rings. The van der Waals surface area contributed by atoms with Gasteiger partial charge < -0.3 is 4.42 Å². The molecular weight excluding hydrogens is 246 g/mol. The van der Waals surface area contributed by atoms with Crippen LogP contribution in [-0.2, 0) is 0 Å². The van der Waals surface area contributed by atoms with E-state index in [1.165, 1.54) is 12.8 Å². The Bertz CT molecular complexity index is 458. The van der Waals surface area contributed by atoms with Crippen molar-refractivity contribution in [2.75, 3.05) is 0 Å². The summed E-state index contributed by atoms with van der Waals surface area (Å²) >= 11 is 3.25. The minimum absolute atomic E-state index is 0.592. The molecule has 2 heterocycles. The highest BCUT2D eigenvalue weighted by molar-refractivity contribution is 9.10. The van der Waals surface area contributed by atoms with E-state index < -0.39 is 0 Å². The average Bonchev–Trinajstić information content (AvgIpc) is 2.76. The third-order valence-electron chi connectivity index (χ3n) is 2.26. The SMILES string of the molecule is Brc1ccc(-c2n[nH]c(C3CC3)n2)o1. The fourth-order valence-corrected chi connectivity index (χ4v) is 1.66. The van der Waals surface area contributed by atoms with Crippen molar-refractivity contribution >= 4 is 15.9 Å². The van der Waals surface area contributed by atoms with Gasteiger partial charge in [-0.25, -0.2) is 4.98 Å². The molecule has 0 bridgehead atoms. The Labute approximate surface area is 88.9 Å². The minimum atomic E-state index is 0.592. The molecule has 1 fully saturated rings. The molecule has 0 atom stereocenters. The predicted molar refractivity (Wildman–Crippen MR) is 53.8 cm³/mol. The van der Waals surface area contributed by atoms with Crippen molar-refractivity contribution in [2.45, 2.75) is 18.8 Å². The second-order valence-electron chi connectivity index (χ2n) is 3.42. The number of furan rings is 1. The lowest BCUT2D eigenvalue weighted by atomic mass is 10.4. The maximum absolute atomic E-state index is 5.35. The van der Waals surface area contributed by atoms with E-state index in [4.69, 9.17) is 4.42 Å². The fraction of sp³-hybridized carbons (Fsp3) is 0.333. The van der Waals surface area contributed by atoms with Gasteiger partial charge in [-0.2, -0.15) is 5.10 Å². The number of hydrogen-bond donors (Lipinski definition) is 1. The number of nitrogens with one attached hydrogen (secondary N) is 1. The lowest BCUT2D eigenvalue weighted by Gasteiger charge is -1.85. The summed E-state index contributed by atoms with van der Waals surface area (Å²) in [5.74, 6) is 2.90. The first kappa shape index (κ1) is 8.23. The summed E-state index contributed by atoms with van der Waals surface area (Å²) < 4.78 is 6.05. The lowest BCUT2D eigenvalue weighted by Crippen LogP contribution is -1.80. The second kappa shape index (κ2) is 2.95. The van der Waals surface area contributed by atoms with Gasteiger partial charge in [-0.1, -0.05) is 0 Å². The van der Waals surface area contributed by atoms with E-state index in [1.54, 1.807) is 0 Å². The first-order valence-electron chi connectivity index (χ1n) is 4.51. The van der Waals surface area contributed by atoms with Crippen molar-refractivity contribution in [3.8, 4) is 11.6 Å². The molecule has 5 heteroatoms. The maximum Gasteiger partial charge on any atom is 0.216 e. The van der Waals surface area contributed by atoms with E-state index in [9.17, 15) is 0 Å². The molecule has 0 saturated heterocycles. The van der Waals surface area contributed by atoms with Crippen LogP contribution in [0.5, 0.6) is 0 Å². The standard InChI is InChI=1S/C9H8BrN3O/c10-7-4-3-6(14-7)9-11-8(12-13-9)5-1-2-5/h3-5H,1-2H2,(H,11,12,13). The van der Waals surface area contributed by atoms with E-state index in [0.717, 1.165) is 5.82 Å². The summed E-state index contributed by atoms with van der Waals surface area (Å²) in [4.78, 5) is 4.37. The smallest absolute Gasteiger partial charge is 0.216 e. The van der Waals surface area contributed by atoms with Crippen LogP contribution in [0.15, 0.2) is 21.2 Å². The molecule has 0 radical (unpaired) electrons. The Hall–Kier alpha value is -1.10. The van der Waals surface area contributed by atoms with Gasteiger partial charge in [-0.3, -0.25) is 5.10 Å². The van der Waals surface area contributed by atoms with Crippen LogP contribution in [0.2, 0.25) is 0 Å². The van der Waals surface area contributed by atoms with Crippen molar-refractivity contribution in [3.05, 3.63) is 22.6 Å². The number of nitrogens with zero attached hydrogens (tertiary/aromatic N) is 2. The first-order chi connectivity index (χ1) is 6.83. The van der Waals surface area contributed by atoms with Crippen molar-refractivity contribution in [2.24, 2.45) is 0 Å². The molecule has 3 rings (SSSR count). The molecule has 1 aliphatic carbocycles. The van der Waals surface area contributed by atoms with Gasteiger partial charge in [-0.15, -0.1) is 0 Å². The lowest BCUT2D eigenvalue weighted by molar-refractivity contribution is 0.551. The van der Waals surface area contributed by atoms with E-state index >= 15 is 0 Å². The number of hydrogen-bond acceptors (Lipinski definition) is 3. The molecule has 2 aromatic rings. The number of rotatable bonds is 2. The second-order valence-corrected chi connectivity index (χ2v) is 4.20. The van der Waals surface area contributed by atoms with Crippen molar-refractivity contribution in [1.29, 1.82) is 0 Å². The van der Waals surface area contributed by atoms with Crippen molar-refractivity contribution < 1.29 is 4.42 Å². The Morgan fingerprint density at radius 2 is 2.29 bits per heavy atom. The van der Waals surface area contributed by atoms with Crippen LogP contribution in [0.3, 0.4) is 0 Å². The minimum Gasteiger partial charge on any atom is -0.446 e. The number of aromatic nitrogens is 3. The van der Waals surface area contributed by atoms with Gasteiger partial charge >= 0.3 is 0 Å². The van der Waals surface area contributed by atoms with Gasteiger partial charge in [0.05, 0.1) is 0 Å². The molecular formula is C9H8BrN3O. The van der Waals surface area contributed by atoms with Crippen molar-refractivity contribution in [1.82, 2.24) is 15.2 Å². The van der Waals surface area contributed by atoms with Gasteiger partial charge in [0.1, 0.15) is 5.82 Å². The molecule has 0 amide bonds. The molecule has 0 aromatic carbocycles. The number of aromatic amines is 1. The van der Waals surface area contributed by atoms with Crippen LogP contribution in [0.4, 0.5) is 0 Å². The van der Waals surface area contributed by atoms with E-state index in [1.807, 2.05) is 12.1 Å². The van der Waals surface area contributed by atoms with Gasteiger partial charge in [0.25, 0.3) is 0 Å². The summed E-state index contributed by atoms with van der Waals surface area (Å²) in [6, 6.07) is 3.69. The highest BCUT2D eigenvalue weighted by Gasteiger charge is 2.27. The van der Waals surface area contributed by atoms with Crippen LogP contribution in [-0.4, -0.2) is 15.2 Å². The Morgan fingerprint density at radius 1 is 1.43 bits per heavy atom. The predicted octanol–water partition coefficient (Wildman–Crippen LogP) is 2.70. The van der Waals surface area contributed by atoms with Crippen LogP contribution >= 0.6 is 15.9 Å². The molecule has 2 aromatic heterocycles. The number of halogens is 1. The molecule has 0 spiro atoms. The fourth-order valence-electron chi connectivity index (χ4n) is 1.36. The molecule has 0 aliphatic heterocycles. The van der Waals surface area contributed by atoms with Crippen LogP contribution in [0.1, 0.15) is 24.6 Å². The van der Waals surface area contributed by atoms with E-state index in [2.05, 4.69) is 31.1 Å². The summed E-state index contributed by atoms with van der Waals surface area (Å²) in [5.41, 5.74) is 0. The van der Waals surface area contributed by atoms with Crippen molar-refractivity contribution in [3.63, 3.8) is 0 Å². The molecule has 1 N–H and O–H groups in total. The largest absolute Gasteiger partial charge is 0.446 e. The third-order valence-corrected chi connectivity index (χ3v) is 2.69. The quantitative estimate of drug-likeness (QED) is 0.896. The zero-order valence-corrected chi connectivity index (χ0v) is 8.91. The highest BCUT2D eigenvalue weighted by Crippen LogP contribution is 2.38. The first-order valence-corrected chi connectivity index (χ1v) is 5.30. The zero-order chi connectivity index (χ0) is 9.54. The molecule has 72 valence electrons. The summed E-state index contributed by atoms with van der Waals surface area (Å²) in [7, 11) is 0. The summed E-state index contributed by atoms with van der Waals surface area (Å²) in [6.45, 7) is 0. The summed E-state index contributed by atoms with van der Waals surface area (Å²) in [5, 5.41) is 7.05. The maximum atomic E-state index is 5.35. The Balaban J connectivity index is 1.95. The molecule has 4 nitrogen and oxygen atoms in total. The average molecular weight is 254 g/mol. The van der Waals surface area contributed by atoms with E-state index in [0.29, 0.717) is 22.2 Å². The highest BCUT2D eigenvalue weighted by atomic mass is 79.9. The normalized spacial score (nSPS) is 16.1. The van der Waals surface area contributed by atoms with Crippen LogP contribution < -0.4 is 0 Å². The monoisotopic (exact) mass is 253 g/mol. The topological polar surface area (TPSA) is 54.7 Å².